The Morgan fingerprint density at radius 2 is 2.10 bits per heavy atom. The van der Waals surface area contributed by atoms with Crippen LogP contribution in [0.5, 0.6) is 11.6 Å². The van der Waals surface area contributed by atoms with Crippen molar-refractivity contribution in [2.24, 2.45) is 0 Å². The van der Waals surface area contributed by atoms with E-state index < -0.39 is 0 Å². The van der Waals surface area contributed by atoms with Gasteiger partial charge in [-0.25, -0.2) is 0 Å². The van der Waals surface area contributed by atoms with Gasteiger partial charge in [-0.15, -0.1) is 0 Å². The lowest BCUT2D eigenvalue weighted by molar-refractivity contribution is 0.468. The molecule has 0 aliphatic rings. The molecule has 3 rings (SSSR count). The first-order chi connectivity index (χ1) is 10.3. The molecule has 1 aromatic carbocycles. The molecule has 106 valence electrons. The van der Waals surface area contributed by atoms with Crippen molar-refractivity contribution in [2.75, 3.05) is 17.6 Å². The molecule has 2 heterocycles. The Kier molecular flexibility index (Phi) is 3.51. The van der Waals surface area contributed by atoms with Crippen LogP contribution in [0.25, 0.3) is 10.9 Å². The summed E-state index contributed by atoms with van der Waals surface area (Å²) >= 11 is 0. The lowest BCUT2D eigenvalue weighted by Gasteiger charge is -2.09. The maximum Gasteiger partial charge on any atom is 0.226 e. The van der Waals surface area contributed by atoms with Crippen molar-refractivity contribution in [3.63, 3.8) is 0 Å². The van der Waals surface area contributed by atoms with Gasteiger partial charge in [0.15, 0.2) is 0 Å². The van der Waals surface area contributed by atoms with Gasteiger partial charge in [-0.05, 0) is 31.2 Å². The largest absolute Gasteiger partial charge is 0.438 e. The second-order valence-electron chi connectivity index (χ2n) is 4.41. The van der Waals surface area contributed by atoms with E-state index in [-0.39, 0.29) is 5.95 Å². The van der Waals surface area contributed by atoms with Crippen LogP contribution >= 0.6 is 0 Å². The van der Waals surface area contributed by atoms with Crippen molar-refractivity contribution in [3.05, 3.63) is 42.6 Å². The number of aromatic nitrogens is 3. The number of hydrogen-bond donors (Lipinski definition) is 2. The molecule has 0 aliphatic heterocycles. The summed E-state index contributed by atoms with van der Waals surface area (Å²) in [5, 5.41) is 4.01. The summed E-state index contributed by atoms with van der Waals surface area (Å²) in [7, 11) is 0. The summed E-state index contributed by atoms with van der Waals surface area (Å²) in [6.45, 7) is 2.73. The highest BCUT2D eigenvalue weighted by molar-refractivity contribution is 5.85. The molecule has 6 nitrogen and oxygen atoms in total. The number of benzene rings is 1. The van der Waals surface area contributed by atoms with E-state index in [0.29, 0.717) is 17.4 Å². The van der Waals surface area contributed by atoms with Gasteiger partial charge < -0.3 is 15.8 Å². The molecule has 0 fully saturated rings. The van der Waals surface area contributed by atoms with Gasteiger partial charge in [0.25, 0.3) is 0 Å². The number of hydrogen-bond acceptors (Lipinski definition) is 6. The molecule has 0 radical (unpaired) electrons. The average Bonchev–Trinajstić information content (AvgIpc) is 2.47. The third kappa shape index (κ3) is 2.84. The van der Waals surface area contributed by atoms with Crippen molar-refractivity contribution in [1.82, 2.24) is 15.0 Å². The Hall–Kier alpha value is -2.89. The summed E-state index contributed by atoms with van der Waals surface area (Å²) in [5.74, 6) is 1.89. The van der Waals surface area contributed by atoms with Crippen LogP contribution in [0.2, 0.25) is 0 Å². The summed E-state index contributed by atoms with van der Waals surface area (Å²) in [6.07, 6.45) is 1.75. The molecule has 0 bridgehead atoms. The Balaban J connectivity index is 1.98. The van der Waals surface area contributed by atoms with Gasteiger partial charge in [0.05, 0.1) is 5.52 Å². The fraction of sp³-hybridized carbons (Fsp3) is 0.133. The standard InChI is InChI=1S/C15H15N5O/c1-2-17-13-9-14(20-15(16)19-13)21-12-7-3-6-11-10(12)5-4-8-18-11/h3-9H,2H2,1H3,(H3,16,17,19,20). The van der Waals surface area contributed by atoms with Crippen molar-refractivity contribution in [1.29, 1.82) is 0 Å². The van der Waals surface area contributed by atoms with Crippen LogP contribution in [-0.4, -0.2) is 21.5 Å². The second-order valence-corrected chi connectivity index (χ2v) is 4.41. The normalized spacial score (nSPS) is 10.5. The number of rotatable bonds is 4. The first-order valence-corrected chi connectivity index (χ1v) is 6.66. The minimum absolute atomic E-state index is 0.168. The van der Waals surface area contributed by atoms with Gasteiger partial charge in [-0.3, -0.25) is 4.98 Å². The molecule has 6 heteroatoms. The van der Waals surface area contributed by atoms with E-state index in [1.807, 2.05) is 37.3 Å². The molecule has 21 heavy (non-hydrogen) atoms. The number of nitrogens with two attached hydrogens (primary N) is 1. The zero-order chi connectivity index (χ0) is 14.7. The fourth-order valence-electron chi connectivity index (χ4n) is 2.04. The lowest BCUT2D eigenvalue weighted by Crippen LogP contribution is -2.04. The molecule has 2 aromatic heterocycles. The molecule has 0 saturated heterocycles. The quantitative estimate of drug-likeness (QED) is 0.764. The summed E-state index contributed by atoms with van der Waals surface area (Å²) in [4.78, 5) is 12.5. The van der Waals surface area contributed by atoms with E-state index in [2.05, 4.69) is 20.3 Å². The molecular formula is C15H15N5O. The molecule has 0 spiro atoms. The van der Waals surface area contributed by atoms with E-state index in [0.717, 1.165) is 17.4 Å². The smallest absolute Gasteiger partial charge is 0.226 e. The summed E-state index contributed by atoms with van der Waals surface area (Å²) in [5.41, 5.74) is 6.57. The molecule has 0 saturated carbocycles. The molecule has 3 aromatic rings. The van der Waals surface area contributed by atoms with Gasteiger partial charge in [-0.1, -0.05) is 6.07 Å². The third-order valence-electron chi connectivity index (χ3n) is 2.90. The maximum atomic E-state index is 5.85. The molecule has 3 N–H and O–H groups in total. The Morgan fingerprint density at radius 3 is 2.95 bits per heavy atom. The van der Waals surface area contributed by atoms with Gasteiger partial charge in [0, 0.05) is 24.2 Å². The summed E-state index contributed by atoms with van der Waals surface area (Å²) < 4.78 is 5.85. The minimum atomic E-state index is 0.168. The van der Waals surface area contributed by atoms with Crippen LogP contribution in [0, 0.1) is 0 Å². The van der Waals surface area contributed by atoms with E-state index in [9.17, 15) is 0 Å². The van der Waals surface area contributed by atoms with Crippen LogP contribution < -0.4 is 15.8 Å². The fourth-order valence-corrected chi connectivity index (χ4v) is 2.04. The Labute approximate surface area is 122 Å². The molecule has 0 aliphatic carbocycles. The topological polar surface area (TPSA) is 86.0 Å². The van der Waals surface area contributed by atoms with Crippen LogP contribution in [0.1, 0.15) is 6.92 Å². The second kappa shape index (κ2) is 5.62. The Bertz CT molecular complexity index is 770. The molecule has 0 amide bonds. The van der Waals surface area contributed by atoms with Crippen molar-refractivity contribution in [3.8, 4) is 11.6 Å². The maximum absolute atomic E-state index is 5.85. The number of anilines is 2. The average molecular weight is 281 g/mol. The number of fused-ring (bicyclic) bond motifs is 1. The van der Waals surface area contributed by atoms with E-state index >= 15 is 0 Å². The predicted molar refractivity (Wildman–Crippen MR) is 82.4 cm³/mol. The zero-order valence-corrected chi connectivity index (χ0v) is 11.6. The van der Waals surface area contributed by atoms with Crippen LogP contribution in [-0.2, 0) is 0 Å². The first kappa shape index (κ1) is 13.1. The first-order valence-electron chi connectivity index (χ1n) is 6.66. The van der Waals surface area contributed by atoms with Crippen molar-refractivity contribution < 1.29 is 4.74 Å². The highest BCUT2D eigenvalue weighted by Crippen LogP contribution is 2.28. The van der Waals surface area contributed by atoms with Crippen LogP contribution in [0.3, 0.4) is 0 Å². The highest BCUT2D eigenvalue weighted by atomic mass is 16.5. The van der Waals surface area contributed by atoms with Crippen molar-refractivity contribution >= 4 is 22.7 Å². The van der Waals surface area contributed by atoms with Gasteiger partial charge in [0.2, 0.25) is 11.8 Å². The predicted octanol–water partition coefficient (Wildman–Crippen LogP) is 2.83. The molecule has 0 unspecified atom stereocenters. The number of pyridine rings is 1. The number of nitrogens with one attached hydrogen (secondary N) is 1. The highest BCUT2D eigenvalue weighted by Gasteiger charge is 2.07. The molecule has 0 atom stereocenters. The minimum Gasteiger partial charge on any atom is -0.438 e. The summed E-state index contributed by atoms with van der Waals surface area (Å²) in [6, 6.07) is 11.2. The monoisotopic (exact) mass is 281 g/mol. The zero-order valence-electron chi connectivity index (χ0n) is 11.6. The van der Waals surface area contributed by atoms with Gasteiger partial charge >= 0.3 is 0 Å². The van der Waals surface area contributed by atoms with E-state index in [1.165, 1.54) is 0 Å². The Morgan fingerprint density at radius 1 is 1.19 bits per heavy atom. The molecular weight excluding hydrogens is 266 g/mol. The van der Waals surface area contributed by atoms with Crippen LogP contribution in [0.4, 0.5) is 11.8 Å². The van der Waals surface area contributed by atoms with Crippen LogP contribution in [0.15, 0.2) is 42.6 Å². The van der Waals surface area contributed by atoms with E-state index in [4.69, 9.17) is 10.5 Å². The lowest BCUT2D eigenvalue weighted by atomic mass is 10.2. The number of nitrogens with zero attached hydrogens (tertiary/aromatic N) is 3. The SMILES string of the molecule is CCNc1cc(Oc2cccc3ncccc23)nc(N)n1. The van der Waals surface area contributed by atoms with Gasteiger partial charge in [0.1, 0.15) is 11.6 Å². The number of ether oxygens (including phenoxy) is 1. The van der Waals surface area contributed by atoms with E-state index in [1.54, 1.807) is 12.3 Å². The van der Waals surface area contributed by atoms with Crippen molar-refractivity contribution in [2.45, 2.75) is 6.92 Å². The number of nitrogen functional groups attached to an aromatic ring is 1. The van der Waals surface area contributed by atoms with Gasteiger partial charge in [-0.2, -0.15) is 9.97 Å². The third-order valence-corrected chi connectivity index (χ3v) is 2.90.